The summed E-state index contributed by atoms with van der Waals surface area (Å²) in [6.45, 7) is 3.75. The van der Waals surface area contributed by atoms with Crippen molar-refractivity contribution in [2.45, 2.75) is 6.61 Å². The lowest BCUT2D eigenvalue weighted by Crippen LogP contribution is -2.21. The van der Waals surface area contributed by atoms with Crippen LogP contribution in [0.15, 0.2) is 43.1 Å². The molecule has 1 aromatic carbocycles. The van der Waals surface area contributed by atoms with Gasteiger partial charge in [-0.15, -0.1) is 0 Å². The first-order chi connectivity index (χ1) is 6.74. The summed E-state index contributed by atoms with van der Waals surface area (Å²) in [5.74, 6) is 0. The van der Waals surface area contributed by atoms with Crippen LogP contribution < -0.4 is 0 Å². The van der Waals surface area contributed by atoms with Gasteiger partial charge in [-0.25, -0.2) is 4.79 Å². The Bertz CT molecular complexity index is 308. The monoisotopic (exact) mass is 191 g/mol. The molecule has 0 bridgehead atoms. The van der Waals surface area contributed by atoms with E-state index in [1.54, 1.807) is 7.05 Å². The van der Waals surface area contributed by atoms with E-state index >= 15 is 0 Å². The lowest BCUT2D eigenvalue weighted by molar-refractivity contribution is 0.117. The Morgan fingerprint density at radius 2 is 2.14 bits per heavy atom. The lowest BCUT2D eigenvalue weighted by atomic mass is 10.2. The number of amides is 1. The molecule has 1 rings (SSSR count). The minimum Gasteiger partial charge on any atom is -0.444 e. The van der Waals surface area contributed by atoms with Crippen molar-refractivity contribution in [3.63, 3.8) is 0 Å². The molecule has 3 heteroatoms. The highest BCUT2D eigenvalue weighted by atomic mass is 16.6. The van der Waals surface area contributed by atoms with Crippen molar-refractivity contribution < 1.29 is 9.53 Å². The molecule has 0 aliphatic rings. The van der Waals surface area contributed by atoms with Gasteiger partial charge in [0.05, 0.1) is 0 Å². The second kappa shape index (κ2) is 5.07. The Hall–Kier alpha value is -1.77. The second-order valence-electron chi connectivity index (χ2n) is 2.83. The standard InChI is InChI=1S/C11H13NO2/c1-3-12(2)11(13)14-9-10-7-5-4-6-8-10/h3-8H,1,9H2,2H3. The van der Waals surface area contributed by atoms with Crippen LogP contribution >= 0.6 is 0 Å². The Labute approximate surface area is 83.6 Å². The minimum absolute atomic E-state index is 0.290. The van der Waals surface area contributed by atoms with Crippen molar-refractivity contribution in [1.82, 2.24) is 4.90 Å². The molecular formula is C11H13NO2. The summed E-state index contributed by atoms with van der Waals surface area (Å²) in [5, 5.41) is 0. The summed E-state index contributed by atoms with van der Waals surface area (Å²) in [5.41, 5.74) is 0.971. The first-order valence-electron chi connectivity index (χ1n) is 4.30. The van der Waals surface area contributed by atoms with Crippen LogP contribution in [0.3, 0.4) is 0 Å². The number of carbonyl (C=O) groups is 1. The summed E-state index contributed by atoms with van der Waals surface area (Å²) < 4.78 is 5.00. The summed E-state index contributed by atoms with van der Waals surface area (Å²) in [6, 6.07) is 9.53. The molecule has 0 fully saturated rings. The van der Waals surface area contributed by atoms with Gasteiger partial charge < -0.3 is 4.74 Å². The van der Waals surface area contributed by atoms with Gasteiger partial charge in [0.2, 0.25) is 0 Å². The van der Waals surface area contributed by atoms with Gasteiger partial charge in [0.1, 0.15) is 6.61 Å². The van der Waals surface area contributed by atoms with Crippen LogP contribution in [0.25, 0.3) is 0 Å². The molecule has 0 unspecified atom stereocenters. The average molecular weight is 191 g/mol. The molecule has 1 amide bonds. The van der Waals surface area contributed by atoms with Gasteiger partial charge in [0.15, 0.2) is 0 Å². The molecular weight excluding hydrogens is 178 g/mol. The molecule has 0 aliphatic carbocycles. The zero-order valence-corrected chi connectivity index (χ0v) is 8.14. The summed E-state index contributed by atoms with van der Waals surface area (Å²) >= 11 is 0. The molecule has 0 aliphatic heterocycles. The zero-order chi connectivity index (χ0) is 10.4. The van der Waals surface area contributed by atoms with E-state index in [4.69, 9.17) is 4.74 Å². The van der Waals surface area contributed by atoms with E-state index in [0.717, 1.165) is 5.56 Å². The fourth-order valence-electron chi connectivity index (χ4n) is 0.896. The molecule has 0 heterocycles. The van der Waals surface area contributed by atoms with Crippen LogP contribution in [0.4, 0.5) is 4.79 Å². The molecule has 0 radical (unpaired) electrons. The van der Waals surface area contributed by atoms with Gasteiger partial charge in [-0.2, -0.15) is 0 Å². The minimum atomic E-state index is -0.399. The third-order valence-electron chi connectivity index (χ3n) is 1.77. The Morgan fingerprint density at radius 3 is 2.71 bits per heavy atom. The van der Waals surface area contributed by atoms with Crippen LogP contribution in [0.1, 0.15) is 5.56 Å². The van der Waals surface area contributed by atoms with Crippen LogP contribution in [0.2, 0.25) is 0 Å². The molecule has 0 atom stereocenters. The number of ether oxygens (including phenoxy) is 1. The van der Waals surface area contributed by atoms with E-state index in [0.29, 0.717) is 0 Å². The fourth-order valence-corrected chi connectivity index (χ4v) is 0.896. The molecule has 14 heavy (non-hydrogen) atoms. The summed E-state index contributed by atoms with van der Waals surface area (Å²) in [6.07, 6.45) is 1.01. The SMILES string of the molecule is C=CN(C)C(=O)OCc1ccccc1. The highest BCUT2D eigenvalue weighted by Crippen LogP contribution is 2.02. The Balaban J connectivity index is 2.42. The number of rotatable bonds is 3. The van der Waals surface area contributed by atoms with Gasteiger partial charge >= 0.3 is 6.09 Å². The zero-order valence-electron chi connectivity index (χ0n) is 8.14. The van der Waals surface area contributed by atoms with Crippen molar-refractivity contribution in [3.8, 4) is 0 Å². The van der Waals surface area contributed by atoms with E-state index < -0.39 is 6.09 Å². The van der Waals surface area contributed by atoms with Crippen molar-refractivity contribution >= 4 is 6.09 Å². The van der Waals surface area contributed by atoms with E-state index in [-0.39, 0.29) is 6.61 Å². The molecule has 3 nitrogen and oxygen atoms in total. The highest BCUT2D eigenvalue weighted by molar-refractivity contribution is 5.68. The van der Waals surface area contributed by atoms with Crippen LogP contribution in [0.5, 0.6) is 0 Å². The smallest absolute Gasteiger partial charge is 0.413 e. The van der Waals surface area contributed by atoms with Crippen LogP contribution in [0, 0.1) is 0 Å². The molecule has 0 spiro atoms. The third kappa shape index (κ3) is 2.94. The van der Waals surface area contributed by atoms with E-state index in [2.05, 4.69) is 6.58 Å². The molecule has 74 valence electrons. The van der Waals surface area contributed by atoms with Gasteiger partial charge in [-0.1, -0.05) is 36.9 Å². The topological polar surface area (TPSA) is 29.5 Å². The van der Waals surface area contributed by atoms with E-state index in [1.807, 2.05) is 30.3 Å². The predicted molar refractivity (Wildman–Crippen MR) is 54.6 cm³/mol. The number of hydrogen-bond donors (Lipinski definition) is 0. The Morgan fingerprint density at radius 1 is 1.50 bits per heavy atom. The maximum Gasteiger partial charge on any atom is 0.413 e. The summed E-state index contributed by atoms with van der Waals surface area (Å²) in [4.78, 5) is 12.5. The molecule has 0 saturated heterocycles. The van der Waals surface area contributed by atoms with E-state index in [1.165, 1.54) is 11.1 Å². The van der Waals surface area contributed by atoms with Crippen molar-refractivity contribution in [3.05, 3.63) is 48.7 Å². The molecule has 0 aromatic heterocycles. The maximum absolute atomic E-state index is 11.2. The average Bonchev–Trinajstić information content (AvgIpc) is 2.26. The van der Waals surface area contributed by atoms with E-state index in [9.17, 15) is 4.79 Å². The number of carbonyl (C=O) groups excluding carboxylic acids is 1. The largest absolute Gasteiger partial charge is 0.444 e. The third-order valence-corrected chi connectivity index (χ3v) is 1.77. The lowest BCUT2D eigenvalue weighted by Gasteiger charge is -2.11. The number of benzene rings is 1. The first-order valence-corrected chi connectivity index (χ1v) is 4.30. The van der Waals surface area contributed by atoms with Crippen LogP contribution in [-0.2, 0) is 11.3 Å². The van der Waals surface area contributed by atoms with Crippen molar-refractivity contribution in [2.75, 3.05) is 7.05 Å². The molecule has 0 N–H and O–H groups in total. The Kier molecular flexibility index (Phi) is 3.73. The van der Waals surface area contributed by atoms with Gasteiger partial charge in [0, 0.05) is 13.2 Å². The normalized spacial score (nSPS) is 9.21. The van der Waals surface area contributed by atoms with Gasteiger partial charge in [-0.05, 0) is 5.56 Å². The second-order valence-corrected chi connectivity index (χ2v) is 2.83. The number of hydrogen-bond acceptors (Lipinski definition) is 2. The predicted octanol–water partition coefficient (Wildman–Crippen LogP) is 2.40. The van der Waals surface area contributed by atoms with Crippen LogP contribution in [-0.4, -0.2) is 18.0 Å². The highest BCUT2D eigenvalue weighted by Gasteiger charge is 2.05. The van der Waals surface area contributed by atoms with Gasteiger partial charge in [0.25, 0.3) is 0 Å². The molecule has 0 saturated carbocycles. The maximum atomic E-state index is 11.2. The van der Waals surface area contributed by atoms with Crippen molar-refractivity contribution in [2.24, 2.45) is 0 Å². The molecule has 1 aromatic rings. The van der Waals surface area contributed by atoms with Crippen molar-refractivity contribution in [1.29, 1.82) is 0 Å². The summed E-state index contributed by atoms with van der Waals surface area (Å²) in [7, 11) is 1.60. The fraction of sp³-hybridized carbons (Fsp3) is 0.182. The number of nitrogens with zero attached hydrogens (tertiary/aromatic N) is 1. The first kappa shape index (κ1) is 10.3. The van der Waals surface area contributed by atoms with Gasteiger partial charge in [-0.3, -0.25) is 4.90 Å². The quantitative estimate of drug-likeness (QED) is 0.734.